The summed E-state index contributed by atoms with van der Waals surface area (Å²) >= 11 is 1.18. The Hall–Kier alpha value is -4.79. The van der Waals surface area contributed by atoms with E-state index < -0.39 is 24.1 Å². The third kappa shape index (κ3) is 6.56. The Balaban J connectivity index is 1.25. The van der Waals surface area contributed by atoms with Crippen molar-refractivity contribution in [2.45, 2.75) is 32.1 Å². The number of carbonyl (C=O) groups excluding carboxylic acids is 2. The lowest BCUT2D eigenvalue weighted by atomic mass is 10.0. The molecule has 0 bridgehead atoms. The van der Waals surface area contributed by atoms with Crippen molar-refractivity contribution in [1.82, 2.24) is 14.8 Å². The molecule has 0 aliphatic carbocycles. The lowest BCUT2D eigenvalue weighted by Crippen LogP contribution is -2.41. The number of para-hydroxylation sites is 1. The highest BCUT2D eigenvalue weighted by Gasteiger charge is 2.61. The number of urea groups is 1. The van der Waals surface area contributed by atoms with Crippen molar-refractivity contribution in [3.05, 3.63) is 84.7 Å². The second kappa shape index (κ2) is 12.1. The Labute approximate surface area is 251 Å². The number of aromatic nitrogens is 3. The summed E-state index contributed by atoms with van der Waals surface area (Å²) < 4.78 is 68.5. The molecule has 9 nitrogen and oxygen atoms in total. The molecule has 1 N–H and O–H groups in total. The molecule has 15 heteroatoms. The number of amidine groups is 1. The largest absolute Gasteiger partial charge is 0.499 e. The lowest BCUT2D eigenvalue weighted by molar-refractivity contribution is -0.360. The van der Waals surface area contributed by atoms with Crippen molar-refractivity contribution in [3.8, 4) is 22.8 Å². The fourth-order valence-corrected chi connectivity index (χ4v) is 5.05. The van der Waals surface area contributed by atoms with E-state index in [2.05, 4.69) is 25.1 Å². The molecule has 1 saturated heterocycles. The number of halogens is 5. The maximum atomic E-state index is 13.1. The molecule has 0 saturated carbocycles. The first-order valence-electron chi connectivity index (χ1n) is 13.0. The van der Waals surface area contributed by atoms with E-state index in [9.17, 15) is 31.5 Å². The van der Waals surface area contributed by atoms with Crippen molar-refractivity contribution in [2.24, 2.45) is 4.99 Å². The number of amides is 3. The van der Waals surface area contributed by atoms with Gasteiger partial charge in [-0.15, -0.1) is 5.10 Å². The van der Waals surface area contributed by atoms with Crippen molar-refractivity contribution in [1.29, 1.82) is 0 Å². The SMILES string of the molecule is CC(C)c1ccccc1N1C(=O)CSC1=NC(=O)Nc1ccc(-c2ncn(-c3ccc(OC(F)(F)C(F)(F)F)cc3)n2)cc1. The number of rotatable bonds is 7. The van der Waals surface area contributed by atoms with E-state index in [1.54, 1.807) is 24.3 Å². The van der Waals surface area contributed by atoms with Crippen LogP contribution in [0.3, 0.4) is 0 Å². The summed E-state index contributed by atoms with van der Waals surface area (Å²) in [6, 6.07) is 17.7. The quantitative estimate of drug-likeness (QED) is 0.216. The smallest absolute Gasteiger partial charge is 0.426 e. The van der Waals surface area contributed by atoms with E-state index in [4.69, 9.17) is 0 Å². The molecule has 1 aromatic heterocycles. The topological polar surface area (TPSA) is 102 Å². The van der Waals surface area contributed by atoms with Crippen LogP contribution in [-0.4, -0.2) is 49.9 Å². The minimum absolute atomic E-state index is 0.154. The number of nitrogens with zero attached hydrogens (tertiary/aromatic N) is 5. The molecule has 228 valence electrons. The zero-order valence-electron chi connectivity index (χ0n) is 23.0. The summed E-state index contributed by atoms with van der Waals surface area (Å²) in [5.41, 5.74) is 2.98. The number of aliphatic imine (C=N–C) groups is 1. The van der Waals surface area contributed by atoms with Gasteiger partial charge in [0.2, 0.25) is 5.91 Å². The second-order valence-electron chi connectivity index (χ2n) is 9.76. The Morgan fingerprint density at radius 3 is 2.34 bits per heavy atom. The van der Waals surface area contributed by atoms with Gasteiger partial charge in [-0.1, -0.05) is 43.8 Å². The number of thioether (sulfide) groups is 1. The average molecular weight is 631 g/mol. The van der Waals surface area contributed by atoms with Crippen LogP contribution in [0.25, 0.3) is 17.1 Å². The fraction of sp³-hybridized carbons (Fsp3) is 0.207. The number of ether oxygens (including phenoxy) is 1. The summed E-state index contributed by atoms with van der Waals surface area (Å²) in [5.74, 6) is -0.239. The summed E-state index contributed by atoms with van der Waals surface area (Å²) in [5, 5.41) is 7.26. The molecule has 0 unspecified atom stereocenters. The monoisotopic (exact) mass is 630 g/mol. The number of nitrogens with one attached hydrogen (secondary N) is 1. The van der Waals surface area contributed by atoms with Gasteiger partial charge in [-0.25, -0.2) is 14.5 Å². The van der Waals surface area contributed by atoms with Crippen molar-refractivity contribution >= 4 is 40.2 Å². The molecule has 2 heterocycles. The van der Waals surface area contributed by atoms with Crippen LogP contribution in [0.5, 0.6) is 5.75 Å². The maximum absolute atomic E-state index is 13.1. The van der Waals surface area contributed by atoms with Crippen LogP contribution in [0.2, 0.25) is 0 Å². The zero-order valence-corrected chi connectivity index (χ0v) is 23.9. The molecule has 3 amide bonds. The van der Waals surface area contributed by atoms with Crippen LogP contribution in [0.1, 0.15) is 25.3 Å². The van der Waals surface area contributed by atoms with Gasteiger partial charge < -0.3 is 10.1 Å². The summed E-state index contributed by atoms with van der Waals surface area (Å²) in [7, 11) is 0. The van der Waals surface area contributed by atoms with Gasteiger partial charge in [0.05, 0.1) is 17.1 Å². The number of hydrogen-bond donors (Lipinski definition) is 1. The number of alkyl halides is 5. The van der Waals surface area contributed by atoms with Crippen LogP contribution < -0.4 is 15.0 Å². The highest BCUT2D eigenvalue weighted by molar-refractivity contribution is 8.15. The summed E-state index contributed by atoms with van der Waals surface area (Å²) in [6.45, 7) is 4.03. The van der Waals surface area contributed by atoms with Gasteiger partial charge in [-0.05, 0) is 66.1 Å². The number of carbonyl (C=O) groups is 2. The third-order valence-corrected chi connectivity index (χ3v) is 7.25. The van der Waals surface area contributed by atoms with Gasteiger partial charge in [0.1, 0.15) is 12.1 Å². The van der Waals surface area contributed by atoms with Gasteiger partial charge in [-0.3, -0.25) is 9.69 Å². The lowest BCUT2D eigenvalue weighted by Gasteiger charge is -2.21. The third-order valence-electron chi connectivity index (χ3n) is 6.33. The van der Waals surface area contributed by atoms with Crippen molar-refractivity contribution in [3.63, 3.8) is 0 Å². The van der Waals surface area contributed by atoms with E-state index in [0.717, 1.165) is 17.7 Å². The first-order valence-corrected chi connectivity index (χ1v) is 14.0. The van der Waals surface area contributed by atoms with Gasteiger partial charge in [-0.2, -0.15) is 26.9 Å². The normalized spacial score (nSPS) is 14.9. The Morgan fingerprint density at radius 1 is 1.00 bits per heavy atom. The van der Waals surface area contributed by atoms with Crippen molar-refractivity contribution in [2.75, 3.05) is 16.0 Å². The molecule has 0 atom stereocenters. The van der Waals surface area contributed by atoms with E-state index in [1.165, 1.54) is 39.8 Å². The first-order chi connectivity index (χ1) is 20.8. The maximum Gasteiger partial charge on any atom is 0.499 e. The van der Waals surface area contributed by atoms with Gasteiger partial charge in [0.25, 0.3) is 0 Å². The standard InChI is InChI=1S/C29H23F5N6O3S/c1-17(2)22-5-3-4-6-23(22)40-24(41)15-44-27(40)37-26(42)36-19-9-7-18(8-10-19)25-35-16-39(38-25)20-11-13-21(14-12-20)43-29(33,34)28(30,31)32/h3-14,16-17H,15H2,1-2H3,(H,36,42). The fourth-order valence-electron chi connectivity index (χ4n) is 4.19. The number of benzene rings is 3. The minimum atomic E-state index is -5.85. The number of hydrogen-bond acceptors (Lipinski definition) is 6. The van der Waals surface area contributed by atoms with E-state index in [-0.39, 0.29) is 28.6 Å². The molecule has 0 radical (unpaired) electrons. The van der Waals surface area contributed by atoms with E-state index >= 15 is 0 Å². The predicted molar refractivity (Wildman–Crippen MR) is 155 cm³/mol. The Kier molecular flexibility index (Phi) is 8.41. The predicted octanol–water partition coefficient (Wildman–Crippen LogP) is 7.26. The van der Waals surface area contributed by atoms with Crippen LogP contribution in [0, 0.1) is 0 Å². The molecule has 5 rings (SSSR count). The molecular weight excluding hydrogens is 607 g/mol. The van der Waals surface area contributed by atoms with Crippen LogP contribution >= 0.6 is 11.8 Å². The molecule has 1 aliphatic heterocycles. The molecule has 0 spiro atoms. The van der Waals surface area contributed by atoms with E-state index in [0.29, 0.717) is 22.6 Å². The zero-order chi connectivity index (χ0) is 31.6. The molecule has 1 fully saturated rings. The summed E-state index contributed by atoms with van der Waals surface area (Å²) in [6.07, 6.45) is -9.84. The minimum Gasteiger partial charge on any atom is -0.426 e. The average Bonchev–Trinajstić information content (AvgIpc) is 3.60. The number of anilines is 2. The van der Waals surface area contributed by atoms with Crippen LogP contribution in [0.4, 0.5) is 38.1 Å². The highest BCUT2D eigenvalue weighted by atomic mass is 32.2. The molecule has 44 heavy (non-hydrogen) atoms. The molecule has 3 aromatic carbocycles. The molecule has 1 aliphatic rings. The Morgan fingerprint density at radius 2 is 1.68 bits per heavy atom. The Bertz CT molecular complexity index is 1710. The van der Waals surface area contributed by atoms with Crippen LogP contribution in [-0.2, 0) is 4.79 Å². The van der Waals surface area contributed by atoms with Gasteiger partial charge in [0, 0.05) is 11.3 Å². The second-order valence-corrected chi connectivity index (χ2v) is 10.7. The summed E-state index contributed by atoms with van der Waals surface area (Å²) in [4.78, 5) is 35.2. The van der Waals surface area contributed by atoms with Crippen LogP contribution in [0.15, 0.2) is 84.1 Å². The van der Waals surface area contributed by atoms with Gasteiger partial charge in [0.15, 0.2) is 11.0 Å². The van der Waals surface area contributed by atoms with Gasteiger partial charge >= 0.3 is 18.3 Å². The van der Waals surface area contributed by atoms with Crippen molar-refractivity contribution < 1.29 is 36.3 Å². The molecule has 4 aromatic rings. The van der Waals surface area contributed by atoms with E-state index in [1.807, 2.05) is 38.1 Å². The molecular formula is C29H23F5N6O3S. The first kappa shape index (κ1) is 30.7. The highest BCUT2D eigenvalue weighted by Crippen LogP contribution is 2.37.